The van der Waals surface area contributed by atoms with Crippen molar-refractivity contribution in [3.8, 4) is 0 Å². The molecule has 1 aromatic rings. The minimum Gasteiger partial charge on any atom is -0.480 e. The van der Waals surface area contributed by atoms with Crippen LogP contribution in [0, 0.1) is 0 Å². The summed E-state index contributed by atoms with van der Waals surface area (Å²) in [6.45, 7) is 0.721. The number of hydrogen-bond acceptors (Lipinski definition) is 8. The van der Waals surface area contributed by atoms with Gasteiger partial charge in [0.1, 0.15) is 18.1 Å². The van der Waals surface area contributed by atoms with Crippen LogP contribution in [-0.2, 0) is 30.4 Å². The van der Waals surface area contributed by atoms with Crippen LogP contribution in [0.1, 0.15) is 37.8 Å². The Morgan fingerprint density at radius 2 is 1.83 bits per heavy atom. The maximum Gasteiger partial charge on any atom is 0.326 e. The van der Waals surface area contributed by atoms with Gasteiger partial charge in [-0.15, -0.1) is 0 Å². The van der Waals surface area contributed by atoms with Gasteiger partial charge in [0.15, 0.2) is 0 Å². The molecule has 1 saturated heterocycles. The van der Waals surface area contributed by atoms with Gasteiger partial charge in [0, 0.05) is 24.7 Å². The first kappa shape index (κ1) is 28.1. The second-order valence-corrected chi connectivity index (χ2v) is 9.22. The van der Waals surface area contributed by atoms with E-state index in [1.807, 2.05) is 6.26 Å². The molecule has 0 spiro atoms. The van der Waals surface area contributed by atoms with Gasteiger partial charge in [-0.3, -0.25) is 19.2 Å². The molecular weight excluding hydrogens is 478 g/mol. The Hall–Kier alpha value is -3.13. The molecule has 4 unspecified atom stereocenters. The number of nitrogens with one attached hydrogen (secondary N) is 5. The van der Waals surface area contributed by atoms with Crippen LogP contribution in [0.5, 0.6) is 0 Å². The van der Waals surface area contributed by atoms with Crippen LogP contribution in [0.15, 0.2) is 12.5 Å². The Kier molecular flexibility index (Phi) is 11.5. The van der Waals surface area contributed by atoms with Crippen LogP contribution in [-0.4, -0.2) is 87.4 Å². The number of aliphatic carboxylic acids is 1. The average molecular weight is 512 g/mol. The number of carbonyl (C=O) groups excluding carboxylic acids is 4. The minimum absolute atomic E-state index is 0.0572. The second kappa shape index (κ2) is 14.3. The van der Waals surface area contributed by atoms with Crippen molar-refractivity contribution in [2.45, 2.75) is 62.7 Å². The van der Waals surface area contributed by atoms with E-state index in [4.69, 9.17) is 5.73 Å². The zero-order valence-electron chi connectivity index (χ0n) is 19.5. The van der Waals surface area contributed by atoms with E-state index in [-0.39, 0.29) is 31.2 Å². The molecule has 0 saturated carbocycles. The van der Waals surface area contributed by atoms with E-state index < -0.39 is 41.8 Å². The Balaban J connectivity index is 2.10. The Bertz CT molecular complexity index is 876. The first-order valence-electron chi connectivity index (χ1n) is 11.3. The van der Waals surface area contributed by atoms with Gasteiger partial charge >= 0.3 is 5.97 Å². The molecule has 1 aromatic heterocycles. The lowest BCUT2D eigenvalue weighted by molar-refractivity contribution is -0.142. The molecule has 35 heavy (non-hydrogen) atoms. The van der Waals surface area contributed by atoms with Gasteiger partial charge in [-0.05, 0) is 44.2 Å². The highest BCUT2D eigenvalue weighted by Crippen LogP contribution is 2.09. The fourth-order valence-electron chi connectivity index (χ4n) is 3.60. The molecule has 0 aromatic carbocycles. The van der Waals surface area contributed by atoms with Crippen LogP contribution in [0.2, 0.25) is 0 Å². The third kappa shape index (κ3) is 9.56. The first-order valence-corrected chi connectivity index (χ1v) is 12.7. The van der Waals surface area contributed by atoms with Gasteiger partial charge in [0.25, 0.3) is 0 Å². The molecule has 1 aliphatic rings. The largest absolute Gasteiger partial charge is 0.480 e. The van der Waals surface area contributed by atoms with Gasteiger partial charge in [0.05, 0.1) is 12.4 Å². The molecule has 0 aliphatic carbocycles. The summed E-state index contributed by atoms with van der Waals surface area (Å²) < 4.78 is 0. The Morgan fingerprint density at radius 3 is 2.37 bits per heavy atom. The summed E-state index contributed by atoms with van der Waals surface area (Å²) in [7, 11) is 0. The number of rotatable bonds is 15. The van der Waals surface area contributed by atoms with E-state index in [9.17, 15) is 29.1 Å². The molecule has 2 rings (SSSR count). The van der Waals surface area contributed by atoms with E-state index in [0.29, 0.717) is 24.3 Å². The zero-order chi connectivity index (χ0) is 25.8. The van der Waals surface area contributed by atoms with Gasteiger partial charge in [-0.1, -0.05) is 0 Å². The molecule has 8 N–H and O–H groups in total. The summed E-state index contributed by atoms with van der Waals surface area (Å²) in [5.41, 5.74) is 5.71. The molecule has 14 heteroatoms. The molecule has 2 heterocycles. The summed E-state index contributed by atoms with van der Waals surface area (Å²) in [4.78, 5) is 68.1. The standard InChI is InChI=1S/C21H33N7O6S/c1-35-8-6-15(27-18(30)13-3-2-7-24-13)20(32)26-14(4-5-17(22)29)19(31)28-16(21(33)34)9-12-10-23-11-25-12/h10-11,13-16,24H,2-9H2,1H3,(H2,22,29)(H,23,25)(H,26,32)(H,27,30)(H,28,31)(H,33,34). The lowest BCUT2D eigenvalue weighted by Gasteiger charge is -2.25. The van der Waals surface area contributed by atoms with Gasteiger partial charge in [-0.2, -0.15) is 11.8 Å². The van der Waals surface area contributed by atoms with Crippen molar-refractivity contribution in [1.29, 1.82) is 0 Å². The lowest BCUT2D eigenvalue weighted by atomic mass is 10.1. The molecule has 0 radical (unpaired) electrons. The molecule has 4 atom stereocenters. The predicted octanol–water partition coefficient (Wildman–Crippen LogP) is -1.74. The molecule has 1 aliphatic heterocycles. The summed E-state index contributed by atoms with van der Waals surface area (Å²) >= 11 is 1.50. The quantitative estimate of drug-likeness (QED) is 0.142. The highest BCUT2D eigenvalue weighted by molar-refractivity contribution is 7.98. The van der Waals surface area contributed by atoms with Crippen LogP contribution in [0.4, 0.5) is 0 Å². The summed E-state index contributed by atoms with van der Waals surface area (Å²) in [5.74, 6) is -3.05. The molecule has 0 bridgehead atoms. The van der Waals surface area contributed by atoms with Crippen LogP contribution >= 0.6 is 11.8 Å². The summed E-state index contributed by atoms with van der Waals surface area (Å²) in [6, 6.07) is -3.80. The lowest BCUT2D eigenvalue weighted by Crippen LogP contribution is -2.57. The van der Waals surface area contributed by atoms with E-state index in [1.54, 1.807) is 0 Å². The molecule has 194 valence electrons. The third-order valence-electron chi connectivity index (χ3n) is 5.53. The van der Waals surface area contributed by atoms with Crippen molar-refractivity contribution in [3.63, 3.8) is 0 Å². The van der Waals surface area contributed by atoms with Crippen LogP contribution in [0.25, 0.3) is 0 Å². The Morgan fingerprint density at radius 1 is 1.14 bits per heavy atom. The highest BCUT2D eigenvalue weighted by atomic mass is 32.2. The van der Waals surface area contributed by atoms with E-state index >= 15 is 0 Å². The van der Waals surface area contributed by atoms with Crippen molar-refractivity contribution in [2.75, 3.05) is 18.6 Å². The van der Waals surface area contributed by atoms with Crippen molar-refractivity contribution in [2.24, 2.45) is 5.73 Å². The first-order chi connectivity index (χ1) is 16.7. The summed E-state index contributed by atoms with van der Waals surface area (Å²) in [6.07, 6.45) is 6.15. The van der Waals surface area contributed by atoms with E-state index in [2.05, 4.69) is 31.2 Å². The number of nitrogens with zero attached hydrogens (tertiary/aromatic N) is 1. The fourth-order valence-corrected chi connectivity index (χ4v) is 4.07. The monoisotopic (exact) mass is 511 g/mol. The topological polar surface area (TPSA) is 208 Å². The van der Waals surface area contributed by atoms with Gasteiger partial charge in [-0.25, -0.2) is 9.78 Å². The van der Waals surface area contributed by atoms with E-state index in [0.717, 1.165) is 13.0 Å². The zero-order valence-corrected chi connectivity index (χ0v) is 20.4. The van der Waals surface area contributed by atoms with Crippen molar-refractivity contribution in [1.82, 2.24) is 31.2 Å². The normalized spacial score (nSPS) is 17.7. The minimum atomic E-state index is -1.30. The van der Waals surface area contributed by atoms with Gasteiger partial charge < -0.3 is 37.1 Å². The number of carboxylic acids is 1. The average Bonchev–Trinajstić information content (AvgIpc) is 3.52. The van der Waals surface area contributed by atoms with Crippen LogP contribution < -0.4 is 27.0 Å². The highest BCUT2D eigenvalue weighted by Gasteiger charge is 2.31. The third-order valence-corrected chi connectivity index (χ3v) is 6.17. The molecular formula is C21H33N7O6S. The summed E-state index contributed by atoms with van der Waals surface area (Å²) in [5, 5.41) is 20.3. The number of thioether (sulfide) groups is 1. The number of primary amides is 1. The molecule has 1 fully saturated rings. The number of nitrogens with two attached hydrogens (primary N) is 1. The maximum absolute atomic E-state index is 13.1. The van der Waals surface area contributed by atoms with Crippen molar-refractivity contribution < 1.29 is 29.1 Å². The number of hydrogen-bond donors (Lipinski definition) is 7. The number of aromatic nitrogens is 2. The maximum atomic E-state index is 13.1. The number of imidazole rings is 1. The smallest absolute Gasteiger partial charge is 0.326 e. The number of carbonyl (C=O) groups is 5. The molecule has 4 amide bonds. The predicted molar refractivity (Wildman–Crippen MR) is 128 cm³/mol. The number of amides is 4. The van der Waals surface area contributed by atoms with Crippen molar-refractivity contribution >= 4 is 41.4 Å². The van der Waals surface area contributed by atoms with Crippen LogP contribution in [0.3, 0.4) is 0 Å². The van der Waals surface area contributed by atoms with E-state index in [1.165, 1.54) is 24.3 Å². The number of H-pyrrole nitrogens is 1. The number of carboxylic acid groups (broad SMARTS) is 1. The Labute approximate surface area is 207 Å². The van der Waals surface area contributed by atoms with Gasteiger partial charge in [0.2, 0.25) is 23.6 Å². The SMILES string of the molecule is CSCCC(NC(=O)C1CCCN1)C(=O)NC(CCC(N)=O)C(=O)NC(Cc1cnc[nH]1)C(=O)O. The fraction of sp³-hybridized carbons (Fsp3) is 0.619. The number of aromatic amines is 1. The van der Waals surface area contributed by atoms with Crippen molar-refractivity contribution in [3.05, 3.63) is 18.2 Å². The second-order valence-electron chi connectivity index (χ2n) is 8.24. The molecule has 13 nitrogen and oxygen atoms in total.